The fourth-order valence-electron chi connectivity index (χ4n) is 3.39. The summed E-state index contributed by atoms with van der Waals surface area (Å²) in [7, 11) is 0. The first-order valence-electron chi connectivity index (χ1n) is 7.24. The van der Waals surface area contributed by atoms with Crippen molar-refractivity contribution in [3.8, 4) is 0 Å². The van der Waals surface area contributed by atoms with E-state index >= 15 is 0 Å². The number of benzene rings is 1. The van der Waals surface area contributed by atoms with E-state index in [-0.39, 0.29) is 5.82 Å². The van der Waals surface area contributed by atoms with Gasteiger partial charge >= 0.3 is 0 Å². The van der Waals surface area contributed by atoms with Crippen LogP contribution in [0.4, 0.5) is 4.39 Å². The van der Waals surface area contributed by atoms with Crippen molar-refractivity contribution in [3.05, 3.63) is 48.3 Å². The Bertz CT molecular complexity index is 427. The lowest BCUT2D eigenvalue weighted by molar-refractivity contribution is -0.0523. The summed E-state index contributed by atoms with van der Waals surface area (Å²) in [6.07, 6.45) is 7.26. The molecule has 2 saturated carbocycles. The largest absolute Gasteiger partial charge is 0.374 e. The van der Waals surface area contributed by atoms with Crippen LogP contribution in [0.15, 0.2) is 36.9 Å². The molecule has 3 rings (SSSR count). The Morgan fingerprint density at radius 1 is 1.11 bits per heavy atom. The van der Waals surface area contributed by atoms with Crippen molar-refractivity contribution in [1.82, 2.24) is 0 Å². The van der Waals surface area contributed by atoms with Gasteiger partial charge < -0.3 is 4.74 Å². The Labute approximate surface area is 114 Å². The molecular weight excluding hydrogens is 239 g/mol. The molecule has 0 amide bonds. The average Bonchev–Trinajstić information content (AvgIpc) is 2.31. The zero-order chi connectivity index (χ0) is 13.2. The van der Waals surface area contributed by atoms with Crippen molar-refractivity contribution in [2.75, 3.05) is 6.61 Å². The molecule has 1 aromatic rings. The highest BCUT2D eigenvalue weighted by Crippen LogP contribution is 2.51. The quantitative estimate of drug-likeness (QED) is 0.717. The van der Waals surface area contributed by atoms with Crippen LogP contribution in [-0.4, -0.2) is 12.7 Å². The molecule has 0 radical (unpaired) electrons. The smallest absolute Gasteiger partial charge is 0.123 e. The first-order valence-corrected chi connectivity index (χ1v) is 7.24. The van der Waals surface area contributed by atoms with Gasteiger partial charge in [0.2, 0.25) is 0 Å². The van der Waals surface area contributed by atoms with Crippen LogP contribution < -0.4 is 0 Å². The highest BCUT2D eigenvalue weighted by atomic mass is 19.1. The number of halogens is 1. The molecule has 0 atom stereocenters. The van der Waals surface area contributed by atoms with Crippen molar-refractivity contribution in [2.45, 2.75) is 37.7 Å². The summed E-state index contributed by atoms with van der Waals surface area (Å²) >= 11 is 0. The topological polar surface area (TPSA) is 9.23 Å². The van der Waals surface area contributed by atoms with Crippen molar-refractivity contribution >= 4 is 0 Å². The normalized spacial score (nSPS) is 33.3. The van der Waals surface area contributed by atoms with E-state index in [9.17, 15) is 4.39 Å². The molecule has 0 bridgehead atoms. The molecule has 2 heteroatoms. The lowest BCUT2D eigenvalue weighted by Gasteiger charge is -2.47. The van der Waals surface area contributed by atoms with Gasteiger partial charge in [0.15, 0.2) is 0 Å². The van der Waals surface area contributed by atoms with Gasteiger partial charge in [0.05, 0.1) is 12.7 Å². The average molecular weight is 260 g/mol. The van der Waals surface area contributed by atoms with Crippen molar-refractivity contribution in [3.63, 3.8) is 0 Å². The maximum absolute atomic E-state index is 12.9. The Hall–Kier alpha value is -1.15. The molecular formula is C17H21FO. The van der Waals surface area contributed by atoms with Crippen LogP contribution in [-0.2, 0) is 4.74 Å². The molecule has 0 N–H and O–H groups in total. The predicted octanol–water partition coefficient (Wildman–Crippen LogP) is 4.30. The van der Waals surface area contributed by atoms with E-state index in [1.165, 1.54) is 31.2 Å². The molecule has 102 valence electrons. The standard InChI is InChI=1S/C17H21FO/c1-2-7-19-17-10-15(11-17)14-8-13(9-14)12-3-5-16(18)6-4-12/h2-6,13-15,17H,1,7-11H2. The van der Waals surface area contributed by atoms with Gasteiger partial charge in [0.25, 0.3) is 0 Å². The Balaban J connectivity index is 1.42. The van der Waals surface area contributed by atoms with E-state index in [1.54, 1.807) is 12.1 Å². The molecule has 0 aliphatic heterocycles. The molecule has 19 heavy (non-hydrogen) atoms. The fraction of sp³-hybridized carbons (Fsp3) is 0.529. The molecule has 1 nitrogen and oxygen atoms in total. The van der Waals surface area contributed by atoms with Crippen LogP contribution in [0, 0.1) is 17.7 Å². The summed E-state index contributed by atoms with van der Waals surface area (Å²) in [4.78, 5) is 0. The molecule has 0 aromatic heterocycles. The number of rotatable bonds is 5. The third-order valence-corrected chi connectivity index (χ3v) is 4.76. The van der Waals surface area contributed by atoms with Gasteiger partial charge in [0.1, 0.15) is 5.82 Å². The third kappa shape index (κ3) is 2.74. The molecule has 0 heterocycles. The van der Waals surface area contributed by atoms with Gasteiger partial charge in [-0.15, -0.1) is 6.58 Å². The third-order valence-electron chi connectivity index (χ3n) is 4.76. The van der Waals surface area contributed by atoms with Crippen molar-refractivity contribution in [1.29, 1.82) is 0 Å². The lowest BCUT2D eigenvalue weighted by atomic mass is 9.60. The Kier molecular flexibility index (Phi) is 3.69. The maximum atomic E-state index is 12.9. The van der Waals surface area contributed by atoms with Gasteiger partial charge in [-0.2, -0.15) is 0 Å². The van der Waals surface area contributed by atoms with Crippen LogP contribution in [0.25, 0.3) is 0 Å². The SMILES string of the molecule is C=CCOC1CC(C2CC(c3ccc(F)cc3)C2)C1. The molecule has 2 fully saturated rings. The maximum Gasteiger partial charge on any atom is 0.123 e. The van der Waals surface area contributed by atoms with Crippen LogP contribution in [0.3, 0.4) is 0 Å². The Morgan fingerprint density at radius 3 is 2.37 bits per heavy atom. The van der Waals surface area contributed by atoms with E-state index in [0.29, 0.717) is 18.6 Å². The zero-order valence-electron chi connectivity index (χ0n) is 11.2. The van der Waals surface area contributed by atoms with Crippen LogP contribution in [0.5, 0.6) is 0 Å². The first kappa shape index (κ1) is 12.9. The molecule has 2 aliphatic carbocycles. The summed E-state index contributed by atoms with van der Waals surface area (Å²) in [6.45, 7) is 4.35. The fourth-order valence-corrected chi connectivity index (χ4v) is 3.39. The Morgan fingerprint density at radius 2 is 1.74 bits per heavy atom. The van der Waals surface area contributed by atoms with Gasteiger partial charge in [-0.05, 0) is 61.1 Å². The summed E-state index contributed by atoms with van der Waals surface area (Å²) in [5.74, 6) is 2.23. The van der Waals surface area contributed by atoms with Crippen LogP contribution in [0.2, 0.25) is 0 Å². The number of hydrogen-bond acceptors (Lipinski definition) is 1. The highest BCUT2D eigenvalue weighted by molar-refractivity contribution is 5.23. The molecule has 2 aliphatic rings. The van der Waals surface area contributed by atoms with E-state index in [4.69, 9.17) is 4.74 Å². The number of ether oxygens (including phenoxy) is 1. The lowest BCUT2D eigenvalue weighted by Crippen LogP contribution is -2.40. The summed E-state index contributed by atoms with van der Waals surface area (Å²) < 4.78 is 18.5. The molecule has 1 aromatic carbocycles. The molecule has 0 unspecified atom stereocenters. The second-order valence-electron chi connectivity index (χ2n) is 5.96. The van der Waals surface area contributed by atoms with Gasteiger partial charge in [0, 0.05) is 0 Å². The van der Waals surface area contributed by atoms with Gasteiger partial charge in [-0.3, -0.25) is 0 Å². The van der Waals surface area contributed by atoms with E-state index in [1.807, 2.05) is 18.2 Å². The first-order chi connectivity index (χ1) is 9.26. The van der Waals surface area contributed by atoms with Crippen molar-refractivity contribution < 1.29 is 9.13 Å². The zero-order valence-corrected chi connectivity index (χ0v) is 11.2. The van der Waals surface area contributed by atoms with Gasteiger partial charge in [-0.25, -0.2) is 4.39 Å². The van der Waals surface area contributed by atoms with Crippen LogP contribution in [0.1, 0.15) is 37.2 Å². The summed E-state index contributed by atoms with van der Waals surface area (Å²) in [6, 6.07) is 7.02. The summed E-state index contributed by atoms with van der Waals surface area (Å²) in [5, 5.41) is 0. The van der Waals surface area contributed by atoms with E-state index < -0.39 is 0 Å². The summed E-state index contributed by atoms with van der Waals surface area (Å²) in [5.41, 5.74) is 1.30. The highest BCUT2D eigenvalue weighted by Gasteiger charge is 2.42. The molecule has 0 spiro atoms. The monoisotopic (exact) mass is 260 g/mol. The van der Waals surface area contributed by atoms with Crippen LogP contribution >= 0.6 is 0 Å². The second kappa shape index (κ2) is 5.46. The van der Waals surface area contributed by atoms with E-state index in [0.717, 1.165) is 11.8 Å². The van der Waals surface area contributed by atoms with Crippen molar-refractivity contribution in [2.24, 2.45) is 11.8 Å². The minimum absolute atomic E-state index is 0.138. The minimum atomic E-state index is -0.138. The van der Waals surface area contributed by atoms with E-state index in [2.05, 4.69) is 6.58 Å². The second-order valence-corrected chi connectivity index (χ2v) is 5.96. The molecule has 0 saturated heterocycles. The number of hydrogen-bond donors (Lipinski definition) is 0. The predicted molar refractivity (Wildman–Crippen MR) is 74.5 cm³/mol. The van der Waals surface area contributed by atoms with Gasteiger partial charge in [-0.1, -0.05) is 18.2 Å². The minimum Gasteiger partial charge on any atom is -0.374 e.